The summed E-state index contributed by atoms with van der Waals surface area (Å²) in [5.74, 6) is 3.53. The predicted octanol–water partition coefficient (Wildman–Crippen LogP) is 3.52. The lowest BCUT2D eigenvalue weighted by Gasteiger charge is -2.34. The van der Waals surface area contributed by atoms with Crippen molar-refractivity contribution >= 4 is 23.0 Å². The molecule has 0 bridgehead atoms. The summed E-state index contributed by atoms with van der Waals surface area (Å²) in [6.07, 6.45) is 2.47. The highest BCUT2D eigenvalue weighted by atomic mass is 15.2. The second-order valence-corrected chi connectivity index (χ2v) is 8.29. The maximum Gasteiger partial charge on any atom is 0.136 e. The maximum atomic E-state index is 4.67. The van der Waals surface area contributed by atoms with Crippen LogP contribution in [0.5, 0.6) is 0 Å². The zero-order chi connectivity index (χ0) is 19.5. The summed E-state index contributed by atoms with van der Waals surface area (Å²) in [5, 5.41) is 3.47. The molecule has 2 saturated heterocycles. The van der Waals surface area contributed by atoms with E-state index in [4.69, 9.17) is 0 Å². The van der Waals surface area contributed by atoms with Crippen LogP contribution in [0.4, 0.5) is 23.0 Å². The maximum absolute atomic E-state index is 4.67. The van der Waals surface area contributed by atoms with Crippen molar-refractivity contribution in [3.05, 3.63) is 36.2 Å². The highest BCUT2D eigenvalue weighted by Gasteiger charge is 2.18. The molecule has 6 heteroatoms. The Kier molecular flexibility index (Phi) is 5.67. The third kappa shape index (κ3) is 4.55. The number of nitrogens with one attached hydrogen (secondary N) is 1. The molecular formula is C22H32N6. The van der Waals surface area contributed by atoms with Gasteiger partial charge in [0.2, 0.25) is 0 Å². The monoisotopic (exact) mass is 380 g/mol. The summed E-state index contributed by atoms with van der Waals surface area (Å²) in [7, 11) is 2.19. The average Bonchev–Trinajstić information content (AvgIpc) is 2.69. The first-order valence-electron chi connectivity index (χ1n) is 10.5. The number of benzene rings is 1. The second-order valence-electron chi connectivity index (χ2n) is 8.29. The van der Waals surface area contributed by atoms with Gasteiger partial charge in [0.15, 0.2) is 0 Å². The van der Waals surface area contributed by atoms with Gasteiger partial charge in [0.1, 0.15) is 17.5 Å². The molecule has 0 amide bonds. The van der Waals surface area contributed by atoms with Crippen LogP contribution < -0.4 is 15.1 Å². The minimum absolute atomic E-state index is 0.813. The van der Waals surface area contributed by atoms with Gasteiger partial charge in [-0.15, -0.1) is 0 Å². The third-order valence-corrected chi connectivity index (χ3v) is 5.94. The largest absolute Gasteiger partial charge is 0.369 e. The van der Waals surface area contributed by atoms with E-state index in [0.29, 0.717) is 0 Å². The number of aromatic nitrogens is 2. The Bertz CT molecular complexity index is 774. The van der Waals surface area contributed by atoms with Gasteiger partial charge in [-0.2, -0.15) is 0 Å². The number of nitrogens with zero attached hydrogens (tertiary/aromatic N) is 5. The molecule has 6 nitrogen and oxygen atoms in total. The summed E-state index contributed by atoms with van der Waals surface area (Å²) in [6, 6.07) is 10.8. The Morgan fingerprint density at radius 3 is 2.25 bits per heavy atom. The van der Waals surface area contributed by atoms with Crippen LogP contribution in [-0.4, -0.2) is 61.2 Å². The summed E-state index contributed by atoms with van der Waals surface area (Å²) in [6.45, 7) is 10.9. The van der Waals surface area contributed by atoms with Crippen molar-refractivity contribution in [2.24, 2.45) is 5.92 Å². The van der Waals surface area contributed by atoms with Crippen molar-refractivity contribution in [3.8, 4) is 0 Å². The molecule has 150 valence electrons. The number of rotatable bonds is 4. The molecule has 28 heavy (non-hydrogen) atoms. The van der Waals surface area contributed by atoms with Crippen LogP contribution in [0.2, 0.25) is 0 Å². The van der Waals surface area contributed by atoms with Crippen molar-refractivity contribution in [2.75, 3.05) is 61.4 Å². The van der Waals surface area contributed by atoms with Crippen LogP contribution >= 0.6 is 0 Å². The van der Waals surface area contributed by atoms with Crippen LogP contribution in [-0.2, 0) is 0 Å². The number of piperidine rings is 1. The molecule has 0 aliphatic carbocycles. The van der Waals surface area contributed by atoms with Crippen LogP contribution in [0.3, 0.4) is 0 Å². The van der Waals surface area contributed by atoms with E-state index < -0.39 is 0 Å². The van der Waals surface area contributed by atoms with E-state index in [1.54, 1.807) is 0 Å². The van der Waals surface area contributed by atoms with Gasteiger partial charge in [-0.1, -0.05) is 6.92 Å². The van der Waals surface area contributed by atoms with Crippen molar-refractivity contribution in [2.45, 2.75) is 26.7 Å². The molecule has 2 aliphatic rings. The highest BCUT2D eigenvalue weighted by molar-refractivity contribution is 5.63. The smallest absolute Gasteiger partial charge is 0.136 e. The summed E-state index contributed by atoms with van der Waals surface area (Å²) in [4.78, 5) is 16.5. The molecule has 0 radical (unpaired) electrons. The van der Waals surface area contributed by atoms with Crippen LogP contribution in [0.1, 0.15) is 25.6 Å². The van der Waals surface area contributed by atoms with Crippen molar-refractivity contribution < 1.29 is 0 Å². The van der Waals surface area contributed by atoms with Gasteiger partial charge in [0.05, 0.1) is 0 Å². The van der Waals surface area contributed by atoms with Crippen LogP contribution in [0.25, 0.3) is 0 Å². The molecule has 0 atom stereocenters. The lowest BCUT2D eigenvalue weighted by atomic mass is 9.99. The Morgan fingerprint density at radius 1 is 0.893 bits per heavy atom. The molecule has 1 aromatic carbocycles. The highest BCUT2D eigenvalue weighted by Crippen LogP contribution is 2.25. The first-order valence-corrected chi connectivity index (χ1v) is 10.5. The third-order valence-electron chi connectivity index (χ3n) is 5.94. The lowest BCUT2D eigenvalue weighted by molar-refractivity contribution is 0.313. The normalized spacial score (nSPS) is 19.1. The topological polar surface area (TPSA) is 47.5 Å². The van der Waals surface area contributed by atoms with Gasteiger partial charge in [-0.3, -0.25) is 0 Å². The van der Waals surface area contributed by atoms with Crippen LogP contribution in [0, 0.1) is 12.8 Å². The number of hydrogen-bond donors (Lipinski definition) is 1. The van der Waals surface area contributed by atoms with E-state index in [9.17, 15) is 0 Å². The van der Waals surface area contributed by atoms with E-state index in [0.717, 1.165) is 68.3 Å². The summed E-state index contributed by atoms with van der Waals surface area (Å²) < 4.78 is 0. The molecular weight excluding hydrogens is 348 g/mol. The summed E-state index contributed by atoms with van der Waals surface area (Å²) >= 11 is 0. The quantitative estimate of drug-likeness (QED) is 0.876. The van der Waals surface area contributed by atoms with Crippen molar-refractivity contribution in [1.82, 2.24) is 14.9 Å². The van der Waals surface area contributed by atoms with Crippen molar-refractivity contribution in [3.63, 3.8) is 0 Å². The molecule has 0 spiro atoms. The van der Waals surface area contributed by atoms with Crippen molar-refractivity contribution in [1.29, 1.82) is 0 Å². The van der Waals surface area contributed by atoms with E-state index in [1.165, 1.54) is 18.5 Å². The molecule has 2 fully saturated rings. The van der Waals surface area contributed by atoms with E-state index >= 15 is 0 Å². The number of hydrogen-bond acceptors (Lipinski definition) is 6. The molecule has 2 aromatic rings. The average molecular weight is 381 g/mol. The lowest BCUT2D eigenvalue weighted by Crippen LogP contribution is -2.44. The minimum Gasteiger partial charge on any atom is -0.369 e. The molecule has 4 rings (SSSR count). The molecule has 1 N–H and O–H groups in total. The van der Waals surface area contributed by atoms with E-state index in [1.807, 2.05) is 6.92 Å². The molecule has 0 unspecified atom stereocenters. The Balaban J connectivity index is 1.43. The first-order chi connectivity index (χ1) is 13.6. The Hall–Kier alpha value is -2.34. The Labute approximate surface area is 168 Å². The van der Waals surface area contributed by atoms with Gasteiger partial charge in [-0.05, 0) is 57.0 Å². The SMILES string of the molecule is Cc1nc(Nc2ccc(N3CCN(C)CC3)cc2)cc(N2CCC(C)CC2)n1. The first kappa shape index (κ1) is 19.0. The fourth-order valence-electron chi connectivity index (χ4n) is 3.98. The number of likely N-dealkylation sites (N-methyl/N-ethyl adjacent to an activating group) is 1. The zero-order valence-corrected chi connectivity index (χ0v) is 17.4. The fraction of sp³-hybridized carbons (Fsp3) is 0.545. The second kappa shape index (κ2) is 8.35. The number of anilines is 4. The molecule has 0 saturated carbocycles. The van der Waals surface area contributed by atoms with Gasteiger partial charge in [-0.25, -0.2) is 9.97 Å². The van der Waals surface area contributed by atoms with E-state index in [2.05, 4.69) is 74.3 Å². The number of aryl methyl sites for hydroxylation is 1. The standard InChI is InChI=1S/C22H32N6/c1-17-8-10-28(11-9-17)22-16-21(23-18(2)24-22)25-19-4-6-20(7-5-19)27-14-12-26(3)13-15-27/h4-7,16-17H,8-15H2,1-3H3,(H,23,24,25). The van der Waals surface area contributed by atoms with Gasteiger partial charge >= 0.3 is 0 Å². The zero-order valence-electron chi connectivity index (χ0n) is 17.4. The minimum atomic E-state index is 0.813. The Morgan fingerprint density at radius 2 is 1.57 bits per heavy atom. The molecule has 1 aromatic heterocycles. The molecule has 2 aliphatic heterocycles. The fourth-order valence-corrected chi connectivity index (χ4v) is 3.98. The van der Waals surface area contributed by atoms with Crippen LogP contribution in [0.15, 0.2) is 30.3 Å². The van der Waals surface area contributed by atoms with Gasteiger partial charge in [0, 0.05) is 56.7 Å². The number of piperazine rings is 1. The van der Waals surface area contributed by atoms with Gasteiger partial charge < -0.3 is 20.0 Å². The predicted molar refractivity (Wildman–Crippen MR) is 117 cm³/mol. The summed E-state index contributed by atoms with van der Waals surface area (Å²) in [5.41, 5.74) is 2.36. The van der Waals surface area contributed by atoms with Gasteiger partial charge in [0.25, 0.3) is 0 Å². The van der Waals surface area contributed by atoms with E-state index in [-0.39, 0.29) is 0 Å². The molecule has 3 heterocycles.